The molecule has 5 heteroatoms. The number of piperazine rings is 1. The van der Waals surface area contributed by atoms with E-state index in [9.17, 15) is 4.79 Å². The predicted octanol–water partition coefficient (Wildman–Crippen LogP) is 5.12. The molecule has 1 fully saturated rings. The average Bonchev–Trinajstić information content (AvgIpc) is 3.06. The van der Waals surface area contributed by atoms with E-state index in [2.05, 4.69) is 85.1 Å². The summed E-state index contributed by atoms with van der Waals surface area (Å²) in [7, 11) is 2.06. The molecule has 3 aliphatic rings. The topological polar surface area (TPSA) is 44.8 Å². The van der Waals surface area contributed by atoms with Crippen LogP contribution in [0.4, 0.5) is 0 Å². The van der Waals surface area contributed by atoms with Crippen molar-refractivity contribution in [1.82, 2.24) is 15.1 Å². The summed E-state index contributed by atoms with van der Waals surface area (Å²) in [6.07, 6.45) is 21.1. The van der Waals surface area contributed by atoms with E-state index in [1.807, 2.05) is 0 Å². The van der Waals surface area contributed by atoms with Gasteiger partial charge in [-0.25, -0.2) is 0 Å². The molecule has 0 spiro atoms. The summed E-state index contributed by atoms with van der Waals surface area (Å²) >= 11 is 0. The SMILES string of the molecule is C=C(CC)OC1=C(CCCN2CCN(C)C(C(=O)NCCC3=CC[C@@H](C)C=C3)C2)C=CCC=C1. The van der Waals surface area contributed by atoms with Gasteiger partial charge in [-0.15, -0.1) is 0 Å². The van der Waals surface area contributed by atoms with Crippen LogP contribution in [0.1, 0.15) is 52.4 Å². The number of carbonyl (C=O) groups is 1. The zero-order chi connectivity index (χ0) is 24.3. The number of nitrogens with zero attached hydrogens (tertiary/aromatic N) is 2. The molecule has 1 unspecified atom stereocenters. The van der Waals surface area contributed by atoms with E-state index >= 15 is 0 Å². The van der Waals surface area contributed by atoms with Gasteiger partial charge in [-0.2, -0.15) is 0 Å². The van der Waals surface area contributed by atoms with Gasteiger partial charge >= 0.3 is 0 Å². The highest BCUT2D eigenvalue weighted by Crippen LogP contribution is 2.22. The number of hydrogen-bond donors (Lipinski definition) is 1. The number of hydrogen-bond acceptors (Lipinski definition) is 4. The maximum Gasteiger partial charge on any atom is 0.238 e. The Morgan fingerprint density at radius 3 is 2.79 bits per heavy atom. The van der Waals surface area contributed by atoms with E-state index in [0.717, 1.165) is 76.2 Å². The van der Waals surface area contributed by atoms with Crippen molar-refractivity contribution in [3.05, 3.63) is 71.8 Å². The quantitative estimate of drug-likeness (QED) is 0.430. The van der Waals surface area contributed by atoms with Crippen LogP contribution >= 0.6 is 0 Å². The third kappa shape index (κ3) is 8.14. The molecule has 0 aromatic rings. The molecule has 2 aliphatic carbocycles. The van der Waals surface area contributed by atoms with Gasteiger partial charge in [-0.05, 0) is 63.3 Å². The smallest absolute Gasteiger partial charge is 0.238 e. The fourth-order valence-electron chi connectivity index (χ4n) is 4.50. The molecule has 1 saturated heterocycles. The Labute approximate surface area is 206 Å². The van der Waals surface area contributed by atoms with Crippen LogP contribution in [-0.4, -0.2) is 61.5 Å². The van der Waals surface area contributed by atoms with E-state index in [1.54, 1.807) is 0 Å². The molecule has 186 valence electrons. The summed E-state index contributed by atoms with van der Waals surface area (Å²) in [5.41, 5.74) is 2.56. The fraction of sp³-hybridized carbons (Fsp3) is 0.552. The highest BCUT2D eigenvalue weighted by atomic mass is 16.5. The second-order valence-corrected chi connectivity index (χ2v) is 9.72. The zero-order valence-corrected chi connectivity index (χ0v) is 21.4. The van der Waals surface area contributed by atoms with Crippen molar-refractivity contribution in [2.75, 3.05) is 39.8 Å². The summed E-state index contributed by atoms with van der Waals surface area (Å²) in [5.74, 6) is 2.50. The van der Waals surface area contributed by atoms with E-state index in [0.29, 0.717) is 12.5 Å². The Balaban J connectivity index is 1.46. The monoisotopic (exact) mass is 465 g/mol. The Morgan fingerprint density at radius 2 is 2.03 bits per heavy atom. The van der Waals surface area contributed by atoms with Crippen molar-refractivity contribution in [2.24, 2.45) is 5.92 Å². The lowest BCUT2D eigenvalue weighted by atomic mass is 9.97. The van der Waals surface area contributed by atoms with Crippen LogP contribution < -0.4 is 5.32 Å². The van der Waals surface area contributed by atoms with Crippen molar-refractivity contribution in [1.29, 1.82) is 0 Å². The number of carbonyl (C=O) groups excluding carboxylic acids is 1. The van der Waals surface area contributed by atoms with Gasteiger partial charge in [-0.1, -0.05) is 62.5 Å². The maximum atomic E-state index is 12.9. The minimum absolute atomic E-state index is 0.0867. The predicted molar refractivity (Wildman–Crippen MR) is 141 cm³/mol. The third-order valence-electron chi connectivity index (χ3n) is 6.88. The molecule has 5 nitrogen and oxygen atoms in total. The summed E-state index contributed by atoms with van der Waals surface area (Å²) in [5, 5.41) is 3.18. The number of likely N-dealkylation sites (N-methyl/N-ethyl adjacent to an activating group) is 1. The largest absolute Gasteiger partial charge is 0.462 e. The van der Waals surface area contributed by atoms with Gasteiger partial charge in [0, 0.05) is 32.6 Å². The first-order valence-electron chi connectivity index (χ1n) is 13.0. The maximum absolute atomic E-state index is 12.9. The summed E-state index contributed by atoms with van der Waals surface area (Å²) in [4.78, 5) is 17.5. The minimum atomic E-state index is -0.0867. The second kappa shape index (κ2) is 13.5. The van der Waals surface area contributed by atoms with Gasteiger partial charge in [0.25, 0.3) is 0 Å². The van der Waals surface area contributed by atoms with Crippen LogP contribution in [-0.2, 0) is 9.53 Å². The Morgan fingerprint density at radius 1 is 1.21 bits per heavy atom. The van der Waals surface area contributed by atoms with E-state index < -0.39 is 0 Å². The number of ether oxygens (including phenoxy) is 1. The fourth-order valence-corrected chi connectivity index (χ4v) is 4.50. The van der Waals surface area contributed by atoms with Crippen LogP contribution in [0.5, 0.6) is 0 Å². The average molecular weight is 466 g/mol. The van der Waals surface area contributed by atoms with Crippen LogP contribution in [0.15, 0.2) is 71.8 Å². The number of nitrogens with one attached hydrogen (secondary N) is 1. The molecular weight excluding hydrogens is 422 g/mol. The molecule has 0 aromatic heterocycles. The Kier molecular flexibility index (Phi) is 10.4. The molecule has 1 aliphatic heterocycles. The first-order valence-corrected chi connectivity index (χ1v) is 13.0. The lowest BCUT2D eigenvalue weighted by Gasteiger charge is -2.38. The van der Waals surface area contributed by atoms with Gasteiger partial charge < -0.3 is 10.1 Å². The van der Waals surface area contributed by atoms with E-state index in [1.165, 1.54) is 11.1 Å². The molecular formula is C29H43N3O2. The molecule has 0 radical (unpaired) electrons. The summed E-state index contributed by atoms with van der Waals surface area (Å²) < 4.78 is 5.99. The molecule has 1 amide bonds. The van der Waals surface area contributed by atoms with Crippen molar-refractivity contribution in [3.63, 3.8) is 0 Å². The molecule has 2 atom stereocenters. The second-order valence-electron chi connectivity index (χ2n) is 9.72. The van der Waals surface area contributed by atoms with Crippen molar-refractivity contribution >= 4 is 5.91 Å². The Bertz CT molecular complexity index is 865. The highest BCUT2D eigenvalue weighted by molar-refractivity contribution is 5.82. The third-order valence-corrected chi connectivity index (χ3v) is 6.88. The molecule has 1 heterocycles. The van der Waals surface area contributed by atoms with Crippen molar-refractivity contribution in [2.45, 2.75) is 58.4 Å². The summed E-state index contributed by atoms with van der Waals surface area (Å²) in [6, 6.07) is -0.0867. The lowest BCUT2D eigenvalue weighted by molar-refractivity contribution is -0.128. The number of amides is 1. The van der Waals surface area contributed by atoms with Crippen LogP contribution in [0.3, 0.4) is 0 Å². The zero-order valence-electron chi connectivity index (χ0n) is 21.4. The molecule has 0 saturated carbocycles. The lowest BCUT2D eigenvalue weighted by Crippen LogP contribution is -2.57. The summed E-state index contributed by atoms with van der Waals surface area (Å²) in [6.45, 7) is 12.7. The van der Waals surface area contributed by atoms with Gasteiger partial charge in [0.2, 0.25) is 5.91 Å². The molecule has 1 N–H and O–H groups in total. The van der Waals surface area contributed by atoms with Crippen LogP contribution in [0.25, 0.3) is 0 Å². The first-order chi connectivity index (χ1) is 16.5. The van der Waals surface area contributed by atoms with E-state index in [4.69, 9.17) is 4.74 Å². The molecule has 34 heavy (non-hydrogen) atoms. The van der Waals surface area contributed by atoms with Gasteiger partial charge in [0.05, 0.1) is 5.76 Å². The van der Waals surface area contributed by atoms with Gasteiger partial charge in [0.15, 0.2) is 0 Å². The Hall–Kier alpha value is -2.37. The molecule has 3 rings (SSSR count). The van der Waals surface area contributed by atoms with Gasteiger partial charge in [0.1, 0.15) is 11.8 Å². The van der Waals surface area contributed by atoms with Crippen molar-refractivity contribution in [3.8, 4) is 0 Å². The standard InChI is InChI=1S/C29H43N3O2/c1-5-24(3)34-28-12-8-6-7-10-26(28)11-9-19-32-21-20-31(4)27(22-32)29(33)30-18-17-25-15-13-23(2)14-16-25/h7-8,10,12-13,15-16,23,27H,3,5-6,9,11,14,17-22H2,1-2,4H3,(H,30,33)/t23-,27?/m0/s1. The van der Waals surface area contributed by atoms with E-state index in [-0.39, 0.29) is 11.9 Å². The molecule has 0 bridgehead atoms. The number of allylic oxidation sites excluding steroid dienone is 9. The van der Waals surface area contributed by atoms with Crippen molar-refractivity contribution < 1.29 is 9.53 Å². The van der Waals surface area contributed by atoms with Gasteiger partial charge in [-0.3, -0.25) is 14.6 Å². The van der Waals surface area contributed by atoms with Crippen LogP contribution in [0.2, 0.25) is 0 Å². The normalized spacial score (nSPS) is 23.6. The molecule has 0 aromatic carbocycles. The number of rotatable bonds is 11. The van der Waals surface area contributed by atoms with Crippen LogP contribution in [0, 0.1) is 5.92 Å². The first kappa shape index (κ1) is 26.2. The minimum Gasteiger partial charge on any atom is -0.462 e. The highest BCUT2D eigenvalue weighted by Gasteiger charge is 2.29.